The zero-order chi connectivity index (χ0) is 11.5. The molecule has 0 saturated carbocycles. The molecular weight excluding hydrogens is 207 g/mol. The molecule has 1 saturated heterocycles. The number of rotatable bonds is 2. The van der Waals surface area contributed by atoms with Crippen molar-refractivity contribution in [2.45, 2.75) is 19.4 Å². The Morgan fingerprint density at radius 1 is 1.56 bits per heavy atom. The third-order valence-corrected chi connectivity index (χ3v) is 2.76. The van der Waals surface area contributed by atoms with E-state index in [0.29, 0.717) is 0 Å². The first-order valence-corrected chi connectivity index (χ1v) is 5.44. The smallest absolute Gasteiger partial charge is 0.254 e. The fraction of sp³-hybridized carbons (Fsp3) is 0.417. The molecule has 1 atom stereocenters. The minimum atomic E-state index is -0.455. The summed E-state index contributed by atoms with van der Waals surface area (Å²) in [5.41, 5.74) is 0.939. The Morgan fingerprint density at radius 2 is 2.38 bits per heavy atom. The van der Waals surface area contributed by atoms with E-state index in [1.807, 2.05) is 0 Å². The van der Waals surface area contributed by atoms with E-state index in [4.69, 9.17) is 0 Å². The van der Waals surface area contributed by atoms with Gasteiger partial charge in [-0.15, -0.1) is 0 Å². The molecule has 1 amide bonds. The summed E-state index contributed by atoms with van der Waals surface area (Å²) in [6.07, 6.45) is 0.902. The van der Waals surface area contributed by atoms with E-state index in [-0.39, 0.29) is 17.5 Å². The molecule has 86 valence electrons. The molecule has 0 aromatic heterocycles. The summed E-state index contributed by atoms with van der Waals surface area (Å²) >= 11 is 0. The lowest BCUT2D eigenvalue weighted by Gasteiger charge is -2.11. The molecule has 2 N–H and O–H groups in total. The van der Waals surface area contributed by atoms with Gasteiger partial charge in [0.05, 0.1) is 5.56 Å². The predicted octanol–water partition coefficient (Wildman–Crippen LogP) is 1.23. The maximum Gasteiger partial charge on any atom is 0.254 e. The minimum Gasteiger partial charge on any atom is -0.348 e. The molecule has 0 bridgehead atoms. The highest BCUT2D eigenvalue weighted by Gasteiger charge is 2.19. The van der Waals surface area contributed by atoms with Crippen molar-refractivity contribution in [3.63, 3.8) is 0 Å². The highest BCUT2D eigenvalue weighted by atomic mass is 19.1. The fourth-order valence-corrected chi connectivity index (χ4v) is 1.85. The van der Waals surface area contributed by atoms with Crippen molar-refractivity contribution in [1.82, 2.24) is 10.6 Å². The Kier molecular flexibility index (Phi) is 3.19. The summed E-state index contributed by atoms with van der Waals surface area (Å²) < 4.78 is 13.5. The molecule has 1 aliphatic rings. The van der Waals surface area contributed by atoms with Gasteiger partial charge in [-0.1, -0.05) is 6.07 Å². The molecule has 0 radical (unpaired) electrons. The van der Waals surface area contributed by atoms with E-state index >= 15 is 0 Å². The van der Waals surface area contributed by atoms with Crippen LogP contribution >= 0.6 is 0 Å². The lowest BCUT2D eigenvalue weighted by Crippen LogP contribution is -2.36. The van der Waals surface area contributed by atoms with Crippen LogP contribution in [0.3, 0.4) is 0 Å². The zero-order valence-corrected chi connectivity index (χ0v) is 9.22. The fourth-order valence-electron chi connectivity index (χ4n) is 1.85. The van der Waals surface area contributed by atoms with E-state index in [0.717, 1.165) is 25.1 Å². The second-order valence-corrected chi connectivity index (χ2v) is 4.15. The standard InChI is InChI=1S/C12H15FN2O/c1-8-2-3-10(11(13)6-8)12(16)15-9-4-5-14-7-9/h2-3,6,9,14H,4-5,7H2,1H3,(H,15,16)/t9-/m1/s1. The average molecular weight is 222 g/mol. The van der Waals surface area contributed by atoms with Gasteiger partial charge in [0.15, 0.2) is 0 Å². The Labute approximate surface area is 94.0 Å². The Bertz CT molecular complexity index is 400. The molecule has 0 spiro atoms. The van der Waals surface area contributed by atoms with Crippen LogP contribution in [-0.2, 0) is 0 Å². The van der Waals surface area contributed by atoms with Gasteiger partial charge in [0, 0.05) is 12.6 Å². The van der Waals surface area contributed by atoms with Gasteiger partial charge in [-0.2, -0.15) is 0 Å². The molecular formula is C12H15FN2O. The van der Waals surface area contributed by atoms with Crippen molar-refractivity contribution < 1.29 is 9.18 Å². The van der Waals surface area contributed by atoms with Gasteiger partial charge in [-0.25, -0.2) is 4.39 Å². The van der Waals surface area contributed by atoms with Crippen molar-refractivity contribution in [1.29, 1.82) is 0 Å². The zero-order valence-electron chi connectivity index (χ0n) is 9.22. The number of carbonyl (C=O) groups excluding carboxylic acids is 1. The van der Waals surface area contributed by atoms with Gasteiger partial charge in [0.2, 0.25) is 0 Å². The van der Waals surface area contributed by atoms with Crippen LogP contribution < -0.4 is 10.6 Å². The largest absolute Gasteiger partial charge is 0.348 e. The van der Waals surface area contributed by atoms with Gasteiger partial charge in [0.1, 0.15) is 5.82 Å². The molecule has 1 aromatic rings. The SMILES string of the molecule is Cc1ccc(C(=O)N[C@@H]2CCNC2)c(F)c1. The number of amides is 1. The molecule has 1 aliphatic heterocycles. The summed E-state index contributed by atoms with van der Waals surface area (Å²) in [6.45, 7) is 3.46. The minimum absolute atomic E-state index is 0.119. The maximum absolute atomic E-state index is 13.5. The molecule has 0 unspecified atom stereocenters. The number of hydrogen-bond donors (Lipinski definition) is 2. The average Bonchev–Trinajstić information content (AvgIpc) is 2.70. The highest BCUT2D eigenvalue weighted by Crippen LogP contribution is 2.10. The molecule has 16 heavy (non-hydrogen) atoms. The van der Waals surface area contributed by atoms with Gasteiger partial charge in [0.25, 0.3) is 5.91 Å². The van der Waals surface area contributed by atoms with Crippen molar-refractivity contribution in [2.24, 2.45) is 0 Å². The lowest BCUT2D eigenvalue weighted by molar-refractivity contribution is 0.0936. The van der Waals surface area contributed by atoms with E-state index < -0.39 is 5.82 Å². The van der Waals surface area contributed by atoms with E-state index in [9.17, 15) is 9.18 Å². The van der Waals surface area contributed by atoms with Crippen molar-refractivity contribution in [3.8, 4) is 0 Å². The number of halogens is 1. The van der Waals surface area contributed by atoms with Crippen LogP contribution in [0.15, 0.2) is 18.2 Å². The van der Waals surface area contributed by atoms with Crippen LogP contribution in [0.4, 0.5) is 4.39 Å². The first kappa shape index (κ1) is 11.1. The second-order valence-electron chi connectivity index (χ2n) is 4.15. The van der Waals surface area contributed by atoms with Gasteiger partial charge in [-0.3, -0.25) is 4.79 Å². The second kappa shape index (κ2) is 4.61. The van der Waals surface area contributed by atoms with E-state index in [1.165, 1.54) is 12.1 Å². The first-order valence-electron chi connectivity index (χ1n) is 5.44. The van der Waals surface area contributed by atoms with E-state index in [2.05, 4.69) is 10.6 Å². The summed E-state index contributed by atoms with van der Waals surface area (Å²) in [7, 11) is 0. The summed E-state index contributed by atoms with van der Waals surface area (Å²) in [4.78, 5) is 11.8. The summed E-state index contributed by atoms with van der Waals surface area (Å²) in [5.74, 6) is -0.783. The van der Waals surface area contributed by atoms with Crippen LogP contribution in [-0.4, -0.2) is 25.0 Å². The highest BCUT2D eigenvalue weighted by molar-refractivity contribution is 5.94. The van der Waals surface area contributed by atoms with Gasteiger partial charge >= 0.3 is 0 Å². The van der Waals surface area contributed by atoms with Crippen molar-refractivity contribution >= 4 is 5.91 Å². The Morgan fingerprint density at radius 3 is 3.00 bits per heavy atom. The molecule has 0 aliphatic carbocycles. The molecule has 3 nitrogen and oxygen atoms in total. The van der Waals surface area contributed by atoms with Crippen molar-refractivity contribution in [3.05, 3.63) is 35.1 Å². The van der Waals surface area contributed by atoms with Crippen LogP contribution in [0.2, 0.25) is 0 Å². The molecule has 4 heteroatoms. The first-order chi connectivity index (χ1) is 7.66. The number of hydrogen-bond acceptors (Lipinski definition) is 2. The third-order valence-electron chi connectivity index (χ3n) is 2.76. The quantitative estimate of drug-likeness (QED) is 0.790. The number of aryl methyl sites for hydroxylation is 1. The Balaban J connectivity index is 2.08. The molecule has 2 rings (SSSR count). The van der Waals surface area contributed by atoms with Gasteiger partial charge in [-0.05, 0) is 37.6 Å². The van der Waals surface area contributed by atoms with E-state index in [1.54, 1.807) is 13.0 Å². The summed E-state index contributed by atoms with van der Waals surface area (Å²) in [5, 5.41) is 5.96. The van der Waals surface area contributed by atoms with Crippen molar-refractivity contribution in [2.75, 3.05) is 13.1 Å². The number of carbonyl (C=O) groups is 1. The van der Waals surface area contributed by atoms with Crippen LogP contribution in [0.5, 0.6) is 0 Å². The Hall–Kier alpha value is -1.42. The van der Waals surface area contributed by atoms with Crippen LogP contribution in [0.25, 0.3) is 0 Å². The number of nitrogens with one attached hydrogen (secondary N) is 2. The number of benzene rings is 1. The van der Waals surface area contributed by atoms with Crippen LogP contribution in [0, 0.1) is 12.7 Å². The summed E-state index contributed by atoms with van der Waals surface area (Å²) in [6, 6.07) is 4.77. The normalized spacial score (nSPS) is 19.8. The van der Waals surface area contributed by atoms with Crippen LogP contribution in [0.1, 0.15) is 22.3 Å². The molecule has 1 fully saturated rings. The molecule has 1 heterocycles. The maximum atomic E-state index is 13.5. The monoisotopic (exact) mass is 222 g/mol. The lowest BCUT2D eigenvalue weighted by atomic mass is 10.1. The topological polar surface area (TPSA) is 41.1 Å². The predicted molar refractivity (Wildman–Crippen MR) is 59.9 cm³/mol. The van der Waals surface area contributed by atoms with Gasteiger partial charge < -0.3 is 10.6 Å². The third kappa shape index (κ3) is 2.39. The molecule has 1 aromatic carbocycles.